The first-order valence-electron chi connectivity index (χ1n) is 8.47. The lowest BCUT2D eigenvalue weighted by Crippen LogP contribution is -2.37. The van der Waals surface area contributed by atoms with Crippen LogP contribution in [-0.2, 0) is 24.3 Å². The molecule has 0 atom stereocenters. The van der Waals surface area contributed by atoms with Crippen molar-refractivity contribution in [2.24, 2.45) is 4.99 Å². The molecule has 0 spiro atoms. The van der Waals surface area contributed by atoms with E-state index >= 15 is 0 Å². The Balaban J connectivity index is 0.00000338. The molecular formula is C20H27FIN3O. The second kappa shape index (κ2) is 12.6. The number of rotatable bonds is 8. The van der Waals surface area contributed by atoms with Gasteiger partial charge in [0.2, 0.25) is 0 Å². The fraction of sp³-hybridized carbons (Fsp3) is 0.350. The summed E-state index contributed by atoms with van der Waals surface area (Å²) in [6.07, 6.45) is 2.06. The Hall–Kier alpha value is -1.67. The van der Waals surface area contributed by atoms with Crippen molar-refractivity contribution in [1.29, 1.82) is 0 Å². The summed E-state index contributed by atoms with van der Waals surface area (Å²) in [5, 5.41) is 6.55. The Labute approximate surface area is 172 Å². The van der Waals surface area contributed by atoms with Crippen molar-refractivity contribution in [1.82, 2.24) is 10.6 Å². The topological polar surface area (TPSA) is 45.7 Å². The molecule has 2 aromatic rings. The molecule has 0 radical (unpaired) electrons. The van der Waals surface area contributed by atoms with Crippen LogP contribution in [0.25, 0.3) is 0 Å². The highest BCUT2D eigenvalue weighted by atomic mass is 127. The van der Waals surface area contributed by atoms with Crippen LogP contribution in [0.15, 0.2) is 53.5 Å². The predicted octanol–water partition coefficient (Wildman–Crippen LogP) is 3.89. The van der Waals surface area contributed by atoms with E-state index in [1.165, 1.54) is 11.6 Å². The van der Waals surface area contributed by atoms with Crippen LogP contribution < -0.4 is 10.6 Å². The molecular weight excluding hydrogens is 444 g/mol. The number of aliphatic imine (C=N–C) groups is 1. The molecule has 0 aliphatic rings. The highest BCUT2D eigenvalue weighted by Crippen LogP contribution is 2.11. The molecule has 2 N–H and O–H groups in total. The van der Waals surface area contributed by atoms with Gasteiger partial charge in [-0.2, -0.15) is 0 Å². The summed E-state index contributed by atoms with van der Waals surface area (Å²) in [4.78, 5) is 4.22. The van der Waals surface area contributed by atoms with Crippen LogP contribution in [0.1, 0.15) is 23.1 Å². The Kier molecular flexibility index (Phi) is 10.9. The third-order valence-electron chi connectivity index (χ3n) is 3.87. The van der Waals surface area contributed by atoms with Crippen molar-refractivity contribution in [3.63, 3.8) is 0 Å². The van der Waals surface area contributed by atoms with Crippen LogP contribution in [-0.4, -0.2) is 26.7 Å². The molecule has 0 aliphatic carbocycles. The monoisotopic (exact) mass is 471 g/mol. The van der Waals surface area contributed by atoms with Gasteiger partial charge in [0.15, 0.2) is 5.96 Å². The average molecular weight is 471 g/mol. The van der Waals surface area contributed by atoms with E-state index in [2.05, 4.69) is 39.9 Å². The van der Waals surface area contributed by atoms with Crippen molar-refractivity contribution in [2.75, 3.05) is 20.7 Å². The molecule has 6 heteroatoms. The van der Waals surface area contributed by atoms with E-state index in [0.29, 0.717) is 12.1 Å². The number of methoxy groups -OCH3 is 1. The first-order valence-corrected chi connectivity index (χ1v) is 8.47. The van der Waals surface area contributed by atoms with Crippen molar-refractivity contribution in [3.8, 4) is 0 Å². The van der Waals surface area contributed by atoms with Gasteiger partial charge in [0.25, 0.3) is 0 Å². The third-order valence-corrected chi connectivity index (χ3v) is 3.87. The van der Waals surface area contributed by atoms with Gasteiger partial charge < -0.3 is 15.4 Å². The molecule has 0 saturated heterocycles. The number of hydrogen-bond acceptors (Lipinski definition) is 2. The molecule has 142 valence electrons. The van der Waals surface area contributed by atoms with Gasteiger partial charge in [-0.25, -0.2) is 4.39 Å². The molecule has 0 aromatic heterocycles. The minimum absolute atomic E-state index is 0. The Morgan fingerprint density at radius 1 is 1.08 bits per heavy atom. The lowest BCUT2D eigenvalue weighted by Gasteiger charge is -2.13. The molecule has 0 amide bonds. The molecule has 0 heterocycles. The fourth-order valence-corrected chi connectivity index (χ4v) is 2.55. The number of hydrogen-bond donors (Lipinski definition) is 2. The molecule has 0 aliphatic heterocycles. The van der Waals surface area contributed by atoms with Crippen molar-refractivity contribution in [2.45, 2.75) is 26.0 Å². The SMILES string of the molecule is CN=C(NCCCc1ccccc1)NCc1ccc(F)c(COC)c1.I. The number of ether oxygens (including phenoxy) is 1. The van der Waals surface area contributed by atoms with Crippen molar-refractivity contribution >= 4 is 29.9 Å². The summed E-state index contributed by atoms with van der Waals surface area (Å²) in [6, 6.07) is 15.5. The maximum absolute atomic E-state index is 13.6. The minimum atomic E-state index is -0.242. The Morgan fingerprint density at radius 2 is 1.85 bits per heavy atom. The zero-order valence-corrected chi connectivity index (χ0v) is 17.6. The first kappa shape index (κ1) is 22.4. The van der Waals surface area contributed by atoms with Gasteiger partial charge >= 0.3 is 0 Å². The molecule has 0 bridgehead atoms. The number of benzene rings is 2. The van der Waals surface area contributed by atoms with Gasteiger partial charge in [0, 0.05) is 32.8 Å². The Bertz CT molecular complexity index is 680. The smallest absolute Gasteiger partial charge is 0.191 e. The van der Waals surface area contributed by atoms with E-state index < -0.39 is 0 Å². The minimum Gasteiger partial charge on any atom is -0.380 e. The molecule has 0 unspecified atom stereocenters. The number of guanidine groups is 1. The van der Waals surface area contributed by atoms with Crippen molar-refractivity contribution in [3.05, 3.63) is 71.0 Å². The summed E-state index contributed by atoms with van der Waals surface area (Å²) in [5.41, 5.74) is 2.89. The second-order valence-electron chi connectivity index (χ2n) is 5.80. The molecule has 2 rings (SSSR count). The van der Waals surface area contributed by atoms with E-state index in [1.54, 1.807) is 20.2 Å². The lowest BCUT2D eigenvalue weighted by atomic mass is 10.1. The fourth-order valence-electron chi connectivity index (χ4n) is 2.55. The molecule has 26 heavy (non-hydrogen) atoms. The Morgan fingerprint density at radius 3 is 2.54 bits per heavy atom. The zero-order valence-electron chi connectivity index (χ0n) is 15.3. The van der Waals surface area contributed by atoms with E-state index in [4.69, 9.17) is 4.74 Å². The van der Waals surface area contributed by atoms with Gasteiger partial charge in [-0.05, 0) is 36.1 Å². The van der Waals surface area contributed by atoms with Gasteiger partial charge in [-0.3, -0.25) is 4.99 Å². The van der Waals surface area contributed by atoms with Crippen molar-refractivity contribution < 1.29 is 9.13 Å². The predicted molar refractivity (Wildman–Crippen MR) is 115 cm³/mol. The molecule has 0 saturated carbocycles. The maximum Gasteiger partial charge on any atom is 0.191 e. The maximum atomic E-state index is 13.6. The van der Waals surface area contributed by atoms with Crippen LogP contribution in [0.3, 0.4) is 0 Å². The van der Waals surface area contributed by atoms with E-state index in [0.717, 1.165) is 30.9 Å². The van der Waals surface area contributed by atoms with Crippen LogP contribution in [0.4, 0.5) is 4.39 Å². The van der Waals surface area contributed by atoms with E-state index in [-0.39, 0.29) is 36.4 Å². The molecule has 0 fully saturated rings. The quantitative estimate of drug-likeness (QED) is 0.266. The average Bonchev–Trinajstić information content (AvgIpc) is 2.64. The van der Waals surface area contributed by atoms with E-state index in [9.17, 15) is 4.39 Å². The standard InChI is InChI=1S/C20H26FN3O.HI/c1-22-20(23-12-6-9-16-7-4-3-5-8-16)24-14-17-10-11-19(21)18(13-17)15-25-2;/h3-5,7-8,10-11,13H,6,9,12,14-15H2,1-2H3,(H2,22,23,24);1H. The number of aryl methyl sites for hydroxylation is 1. The second-order valence-corrected chi connectivity index (χ2v) is 5.80. The highest BCUT2D eigenvalue weighted by molar-refractivity contribution is 14.0. The van der Waals surface area contributed by atoms with Gasteiger partial charge in [-0.1, -0.05) is 36.4 Å². The number of nitrogens with zero attached hydrogens (tertiary/aromatic N) is 1. The summed E-state index contributed by atoms with van der Waals surface area (Å²) >= 11 is 0. The van der Waals surface area contributed by atoms with Crippen LogP contribution in [0.5, 0.6) is 0 Å². The first-order chi connectivity index (χ1) is 12.2. The summed E-state index contributed by atoms with van der Waals surface area (Å²) in [5.74, 6) is 0.500. The summed E-state index contributed by atoms with van der Waals surface area (Å²) in [7, 11) is 3.30. The highest BCUT2D eigenvalue weighted by Gasteiger charge is 2.04. The number of halogens is 2. The third kappa shape index (κ3) is 7.70. The van der Waals surface area contributed by atoms with Crippen LogP contribution in [0, 0.1) is 5.82 Å². The van der Waals surface area contributed by atoms with Crippen LogP contribution >= 0.6 is 24.0 Å². The largest absolute Gasteiger partial charge is 0.380 e. The van der Waals surface area contributed by atoms with Crippen LogP contribution in [0.2, 0.25) is 0 Å². The van der Waals surface area contributed by atoms with Gasteiger partial charge in [0.05, 0.1) is 6.61 Å². The summed E-state index contributed by atoms with van der Waals surface area (Å²) < 4.78 is 18.6. The van der Waals surface area contributed by atoms with E-state index in [1.807, 2.05) is 12.1 Å². The van der Waals surface area contributed by atoms with Gasteiger partial charge in [0.1, 0.15) is 5.82 Å². The molecule has 4 nitrogen and oxygen atoms in total. The normalized spacial score (nSPS) is 11.0. The number of nitrogens with one attached hydrogen (secondary N) is 2. The lowest BCUT2D eigenvalue weighted by molar-refractivity contribution is 0.181. The molecule has 2 aromatic carbocycles. The van der Waals surface area contributed by atoms with Gasteiger partial charge in [-0.15, -0.1) is 24.0 Å². The zero-order chi connectivity index (χ0) is 17.9. The summed E-state index contributed by atoms with van der Waals surface area (Å²) in [6.45, 7) is 1.69.